The second kappa shape index (κ2) is 6.02. The molecule has 1 heterocycles. The molecule has 1 aliphatic heterocycles. The molecule has 0 aromatic heterocycles. The largest absolute Gasteiger partial charge is 0.387 e. The molecule has 1 rings (SSSR count). The average Bonchev–Trinajstić information content (AvgIpc) is 2.60. The summed E-state index contributed by atoms with van der Waals surface area (Å²) in [6.07, 6.45) is 11.3. The maximum Gasteiger partial charge on any atom is 0.0398 e. The molecule has 0 aromatic rings. The zero-order valence-electron chi connectivity index (χ0n) is 7.59. The van der Waals surface area contributed by atoms with E-state index in [0.29, 0.717) is 0 Å². The monoisotopic (exact) mass is 287 g/mol. The molecule has 0 saturated carbocycles. The summed E-state index contributed by atoms with van der Waals surface area (Å²) in [4.78, 5) is 0. The van der Waals surface area contributed by atoms with Crippen molar-refractivity contribution in [2.75, 3.05) is 11.0 Å². The summed E-state index contributed by atoms with van der Waals surface area (Å²) in [7, 11) is 0. The molecule has 0 amide bonds. The molecule has 0 radical (unpaired) electrons. The second-order valence-electron chi connectivity index (χ2n) is 2.83. The van der Waals surface area contributed by atoms with E-state index in [0.717, 1.165) is 17.4 Å². The average molecular weight is 287 g/mol. The first kappa shape index (κ1) is 10.6. The van der Waals surface area contributed by atoms with Crippen LogP contribution < -0.4 is 5.32 Å². The summed E-state index contributed by atoms with van der Waals surface area (Å²) < 4.78 is 1.08. The maximum atomic E-state index is 3.66. The van der Waals surface area contributed by atoms with Crippen LogP contribution in [0.15, 0.2) is 48.2 Å². The predicted molar refractivity (Wildman–Crippen MR) is 67.0 cm³/mol. The zero-order chi connectivity index (χ0) is 9.52. The van der Waals surface area contributed by atoms with E-state index < -0.39 is 0 Å². The molecule has 0 atom stereocenters. The first-order valence-electron chi connectivity index (χ1n) is 4.34. The van der Waals surface area contributed by atoms with E-state index in [4.69, 9.17) is 0 Å². The molecule has 0 fully saturated rings. The molecule has 1 N–H and O–H groups in total. The Bertz CT molecular complexity index is 261. The van der Waals surface area contributed by atoms with Crippen LogP contribution in [0.2, 0.25) is 0 Å². The van der Waals surface area contributed by atoms with E-state index in [1.165, 1.54) is 11.1 Å². The van der Waals surface area contributed by atoms with Crippen molar-refractivity contribution < 1.29 is 0 Å². The minimum atomic E-state index is 0.945. The first-order valence-corrected chi connectivity index (χ1v) is 5.86. The van der Waals surface area contributed by atoms with Gasteiger partial charge in [-0.25, -0.2) is 0 Å². The van der Waals surface area contributed by atoms with Crippen molar-refractivity contribution in [1.29, 1.82) is 0 Å². The lowest BCUT2D eigenvalue weighted by atomic mass is 10.1. The third-order valence-corrected chi connectivity index (χ3v) is 2.68. The third-order valence-electron chi connectivity index (χ3n) is 1.86. The summed E-state index contributed by atoms with van der Waals surface area (Å²) in [6, 6.07) is 0. The molecule has 0 spiro atoms. The highest BCUT2D eigenvalue weighted by Crippen LogP contribution is 2.16. The quantitative estimate of drug-likeness (QED) is 0.476. The summed E-state index contributed by atoms with van der Waals surface area (Å²) in [5.74, 6) is 0. The molecule has 70 valence electrons. The SMILES string of the molecule is C=CC/C=C\C=C1/CNC=C1CI. The minimum Gasteiger partial charge on any atom is -0.387 e. The van der Waals surface area contributed by atoms with Crippen LogP contribution in [-0.4, -0.2) is 11.0 Å². The van der Waals surface area contributed by atoms with Crippen molar-refractivity contribution in [3.8, 4) is 0 Å². The van der Waals surface area contributed by atoms with E-state index in [1.807, 2.05) is 6.08 Å². The minimum absolute atomic E-state index is 0.945. The van der Waals surface area contributed by atoms with E-state index in [-0.39, 0.29) is 0 Å². The normalized spacial score (nSPS) is 19.2. The highest BCUT2D eigenvalue weighted by Gasteiger charge is 2.07. The van der Waals surface area contributed by atoms with Gasteiger partial charge in [-0.2, -0.15) is 0 Å². The third kappa shape index (κ3) is 3.38. The molecule has 13 heavy (non-hydrogen) atoms. The van der Waals surface area contributed by atoms with E-state index in [1.54, 1.807) is 0 Å². The molecule has 0 aliphatic carbocycles. The van der Waals surface area contributed by atoms with Gasteiger partial charge in [0.25, 0.3) is 0 Å². The van der Waals surface area contributed by atoms with Crippen LogP contribution in [0.5, 0.6) is 0 Å². The van der Waals surface area contributed by atoms with Gasteiger partial charge in [-0.15, -0.1) is 6.58 Å². The molecular weight excluding hydrogens is 273 g/mol. The van der Waals surface area contributed by atoms with Gasteiger partial charge in [-0.3, -0.25) is 0 Å². The number of allylic oxidation sites excluding steroid dienone is 4. The van der Waals surface area contributed by atoms with Crippen LogP contribution in [0.3, 0.4) is 0 Å². The summed E-state index contributed by atoms with van der Waals surface area (Å²) in [6.45, 7) is 4.63. The number of hydrogen-bond donors (Lipinski definition) is 1. The smallest absolute Gasteiger partial charge is 0.0398 e. The summed E-state index contributed by atoms with van der Waals surface area (Å²) in [5.41, 5.74) is 2.80. The maximum absolute atomic E-state index is 3.66. The van der Waals surface area contributed by atoms with Crippen molar-refractivity contribution >= 4 is 22.6 Å². The van der Waals surface area contributed by atoms with Crippen molar-refractivity contribution in [2.24, 2.45) is 0 Å². The fraction of sp³-hybridized carbons (Fsp3) is 0.273. The van der Waals surface area contributed by atoms with Crippen LogP contribution in [0.4, 0.5) is 0 Å². The van der Waals surface area contributed by atoms with Gasteiger partial charge in [0.05, 0.1) is 0 Å². The first-order chi connectivity index (χ1) is 6.38. The summed E-state index contributed by atoms with van der Waals surface area (Å²) in [5, 5.41) is 3.23. The molecule has 0 bridgehead atoms. The second-order valence-corrected chi connectivity index (χ2v) is 3.59. The fourth-order valence-electron chi connectivity index (χ4n) is 1.14. The van der Waals surface area contributed by atoms with E-state index >= 15 is 0 Å². The lowest BCUT2D eigenvalue weighted by Gasteiger charge is -1.97. The Kier molecular flexibility index (Phi) is 4.90. The lowest BCUT2D eigenvalue weighted by molar-refractivity contribution is 1.01. The van der Waals surface area contributed by atoms with Gasteiger partial charge in [-0.05, 0) is 17.6 Å². The number of nitrogens with one attached hydrogen (secondary N) is 1. The zero-order valence-corrected chi connectivity index (χ0v) is 9.75. The fourth-order valence-corrected chi connectivity index (χ4v) is 1.85. The van der Waals surface area contributed by atoms with Gasteiger partial charge in [0.15, 0.2) is 0 Å². The molecule has 0 unspecified atom stereocenters. The van der Waals surface area contributed by atoms with Crippen LogP contribution in [0, 0.1) is 0 Å². The van der Waals surface area contributed by atoms with E-state index in [2.05, 4.69) is 58.9 Å². The van der Waals surface area contributed by atoms with Gasteiger partial charge in [-0.1, -0.05) is 46.9 Å². The molecule has 2 heteroatoms. The molecule has 0 saturated heterocycles. The van der Waals surface area contributed by atoms with Crippen LogP contribution in [0.1, 0.15) is 6.42 Å². The Morgan fingerprint density at radius 1 is 1.62 bits per heavy atom. The Morgan fingerprint density at radius 3 is 3.15 bits per heavy atom. The Morgan fingerprint density at radius 2 is 2.46 bits per heavy atom. The van der Waals surface area contributed by atoms with Crippen molar-refractivity contribution in [1.82, 2.24) is 5.32 Å². The van der Waals surface area contributed by atoms with Crippen LogP contribution >= 0.6 is 22.6 Å². The lowest BCUT2D eigenvalue weighted by Crippen LogP contribution is -2.00. The van der Waals surface area contributed by atoms with Gasteiger partial charge < -0.3 is 5.32 Å². The van der Waals surface area contributed by atoms with Gasteiger partial charge in [0.2, 0.25) is 0 Å². The standard InChI is InChI=1S/C11H14IN/c1-2-3-4-5-6-10-8-13-9-11(10)7-12/h2,4-6,9,13H,1,3,7-8H2/b5-4-,10-6+. The molecule has 1 nitrogen and oxygen atoms in total. The molecular formula is C11H14IN. The number of rotatable bonds is 4. The number of alkyl halides is 1. The topological polar surface area (TPSA) is 12.0 Å². The number of hydrogen-bond acceptors (Lipinski definition) is 1. The van der Waals surface area contributed by atoms with E-state index in [9.17, 15) is 0 Å². The highest BCUT2D eigenvalue weighted by molar-refractivity contribution is 14.1. The number of halogens is 1. The van der Waals surface area contributed by atoms with Crippen molar-refractivity contribution in [3.05, 3.63) is 48.2 Å². The van der Waals surface area contributed by atoms with Crippen molar-refractivity contribution in [3.63, 3.8) is 0 Å². The van der Waals surface area contributed by atoms with Crippen LogP contribution in [0.25, 0.3) is 0 Å². The predicted octanol–water partition coefficient (Wildman–Crippen LogP) is 2.97. The van der Waals surface area contributed by atoms with Gasteiger partial charge >= 0.3 is 0 Å². The Hall–Kier alpha value is -0.510. The summed E-state index contributed by atoms with van der Waals surface area (Å²) >= 11 is 2.38. The van der Waals surface area contributed by atoms with Gasteiger partial charge in [0, 0.05) is 17.2 Å². The van der Waals surface area contributed by atoms with Crippen LogP contribution in [-0.2, 0) is 0 Å². The Labute approximate surface area is 93.4 Å². The highest BCUT2D eigenvalue weighted by atomic mass is 127. The Balaban J connectivity index is 2.51. The van der Waals surface area contributed by atoms with Crippen molar-refractivity contribution in [2.45, 2.75) is 6.42 Å². The molecule has 1 aliphatic rings. The molecule has 0 aromatic carbocycles. The van der Waals surface area contributed by atoms with Gasteiger partial charge in [0.1, 0.15) is 0 Å².